The van der Waals surface area contributed by atoms with E-state index >= 15 is 0 Å². The topological polar surface area (TPSA) is 69.4 Å². The molecule has 0 atom stereocenters. The van der Waals surface area contributed by atoms with Crippen molar-refractivity contribution in [1.82, 2.24) is 0 Å². The summed E-state index contributed by atoms with van der Waals surface area (Å²) >= 11 is 0. The molecule has 0 saturated carbocycles. The lowest BCUT2D eigenvalue weighted by Crippen LogP contribution is -2.22. The first-order chi connectivity index (χ1) is 9.89. The quantitative estimate of drug-likeness (QED) is 0.365. The highest BCUT2D eigenvalue weighted by Gasteiger charge is 2.47. The fourth-order valence-electron chi connectivity index (χ4n) is 1.63. The molecule has 0 amide bonds. The number of esters is 1. The van der Waals surface area contributed by atoms with E-state index in [1.807, 2.05) is 0 Å². The first kappa shape index (κ1) is 17.7. The van der Waals surface area contributed by atoms with Gasteiger partial charge in [0, 0.05) is 12.1 Å². The molecule has 0 spiro atoms. The minimum atomic E-state index is -5.55. The summed E-state index contributed by atoms with van der Waals surface area (Å²) in [4.78, 5) is 20.7. The maximum Gasteiger partial charge on any atom is 0.417 e. The third-order valence-corrected chi connectivity index (χ3v) is 2.42. The predicted molar refractivity (Wildman–Crippen MR) is 59.1 cm³/mol. The monoisotopic (exact) mass is 331 g/mol. The van der Waals surface area contributed by atoms with Gasteiger partial charge in [-0.2, -0.15) is 26.3 Å². The van der Waals surface area contributed by atoms with Crippen molar-refractivity contribution in [1.29, 1.82) is 0 Å². The highest BCUT2D eigenvalue weighted by molar-refractivity contribution is 5.92. The van der Waals surface area contributed by atoms with Gasteiger partial charge in [0.25, 0.3) is 5.69 Å². The van der Waals surface area contributed by atoms with Crippen molar-refractivity contribution < 1.29 is 40.8 Å². The first-order valence-electron chi connectivity index (χ1n) is 5.53. The van der Waals surface area contributed by atoms with Crippen LogP contribution in [0.4, 0.5) is 32.0 Å². The van der Waals surface area contributed by atoms with Crippen molar-refractivity contribution in [3.63, 3.8) is 0 Å². The Hall–Kier alpha value is -2.33. The van der Waals surface area contributed by atoms with Crippen molar-refractivity contribution in [3.05, 3.63) is 38.9 Å². The van der Waals surface area contributed by atoms with Gasteiger partial charge in [0.15, 0.2) is 0 Å². The van der Waals surface area contributed by atoms with Crippen molar-refractivity contribution in [2.45, 2.75) is 19.3 Å². The molecule has 0 N–H and O–H groups in total. The van der Waals surface area contributed by atoms with Gasteiger partial charge in [0.05, 0.1) is 28.2 Å². The highest BCUT2D eigenvalue weighted by Crippen LogP contribution is 2.44. The van der Waals surface area contributed by atoms with Gasteiger partial charge in [-0.1, -0.05) is 0 Å². The maximum absolute atomic E-state index is 12.9. The minimum Gasteiger partial charge on any atom is -0.462 e. The number of carbonyl (C=O) groups is 1. The Morgan fingerprint density at radius 1 is 1.18 bits per heavy atom. The van der Waals surface area contributed by atoms with Crippen LogP contribution in [0.1, 0.15) is 28.4 Å². The van der Waals surface area contributed by atoms with Crippen LogP contribution in [0.5, 0.6) is 0 Å². The number of carbonyl (C=O) groups excluding carboxylic acids is 1. The normalized spacial score (nSPS) is 12.1. The predicted octanol–water partition coefficient (Wildman–Crippen LogP) is 3.81. The van der Waals surface area contributed by atoms with E-state index in [0.29, 0.717) is 0 Å². The molecule has 22 heavy (non-hydrogen) atoms. The Bertz CT molecular complexity index is 608. The summed E-state index contributed by atoms with van der Waals surface area (Å²) < 4.78 is 81.3. The average molecular weight is 331 g/mol. The molecule has 0 aliphatic heterocycles. The van der Waals surface area contributed by atoms with E-state index in [0.717, 1.165) is 0 Å². The Morgan fingerprint density at radius 3 is 2.09 bits per heavy atom. The number of hydrogen-bond donors (Lipinski definition) is 0. The van der Waals surface area contributed by atoms with E-state index < -0.39 is 52.2 Å². The standard InChI is InChI=1S/C11H7F6NO4/c1-2-22-9(19)6-3-5(18(20)21)4-7(10(12,13)14)8(6)11(15,16)17/h3-4H,2H2,1H3. The Morgan fingerprint density at radius 2 is 1.73 bits per heavy atom. The Labute approximate surface area is 118 Å². The van der Waals surface area contributed by atoms with Crippen molar-refractivity contribution in [2.24, 2.45) is 0 Å². The number of non-ortho nitro benzene ring substituents is 1. The van der Waals surface area contributed by atoms with Gasteiger partial charge in [0.1, 0.15) is 0 Å². The summed E-state index contributed by atoms with van der Waals surface area (Å²) in [6.07, 6.45) is -11.1. The molecule has 1 aromatic rings. The Kier molecular flexibility index (Phi) is 4.68. The van der Waals surface area contributed by atoms with E-state index in [9.17, 15) is 41.3 Å². The number of ether oxygens (including phenoxy) is 1. The molecule has 0 radical (unpaired) electrons. The number of nitrogens with zero attached hydrogens (tertiary/aromatic N) is 1. The fourth-order valence-corrected chi connectivity index (χ4v) is 1.63. The average Bonchev–Trinajstić information content (AvgIpc) is 2.35. The van der Waals surface area contributed by atoms with E-state index in [1.165, 1.54) is 6.92 Å². The largest absolute Gasteiger partial charge is 0.462 e. The summed E-state index contributed by atoms with van der Waals surface area (Å²) in [7, 11) is 0. The molecular formula is C11H7F6NO4. The van der Waals surface area contributed by atoms with Gasteiger partial charge in [-0.05, 0) is 6.92 Å². The summed E-state index contributed by atoms with van der Waals surface area (Å²) in [5.41, 5.74) is -7.50. The first-order valence-corrected chi connectivity index (χ1v) is 5.53. The number of hydrogen-bond acceptors (Lipinski definition) is 4. The summed E-state index contributed by atoms with van der Waals surface area (Å²) in [6, 6.07) is -0.165. The number of nitro groups is 1. The molecule has 0 fully saturated rings. The van der Waals surface area contributed by atoms with Gasteiger partial charge in [-0.3, -0.25) is 10.1 Å². The molecule has 11 heteroatoms. The minimum absolute atomic E-state index is 0.107. The number of rotatable bonds is 3. The molecule has 5 nitrogen and oxygen atoms in total. The van der Waals surface area contributed by atoms with E-state index in [1.54, 1.807) is 0 Å². The zero-order valence-electron chi connectivity index (χ0n) is 10.7. The SMILES string of the molecule is CCOC(=O)c1cc([N+](=O)[O-])cc(C(F)(F)F)c1C(F)(F)F. The number of alkyl halides is 6. The van der Waals surface area contributed by atoms with Crippen molar-refractivity contribution >= 4 is 11.7 Å². The molecule has 1 rings (SSSR count). The summed E-state index contributed by atoms with van der Waals surface area (Å²) in [6.45, 7) is 0.799. The lowest BCUT2D eigenvalue weighted by atomic mass is 9.98. The molecule has 122 valence electrons. The zero-order valence-corrected chi connectivity index (χ0v) is 10.7. The van der Waals surface area contributed by atoms with Gasteiger partial charge < -0.3 is 4.74 Å². The third-order valence-electron chi connectivity index (χ3n) is 2.42. The van der Waals surface area contributed by atoms with Crippen LogP contribution in [0, 0.1) is 10.1 Å². The second kappa shape index (κ2) is 5.81. The lowest BCUT2D eigenvalue weighted by molar-refractivity contribution is -0.385. The van der Waals surface area contributed by atoms with Crippen LogP contribution in [0.25, 0.3) is 0 Å². The van der Waals surface area contributed by atoms with Gasteiger partial charge in [0.2, 0.25) is 0 Å². The van der Waals surface area contributed by atoms with Crippen LogP contribution in [-0.4, -0.2) is 17.5 Å². The van der Waals surface area contributed by atoms with E-state index in [4.69, 9.17) is 0 Å². The fraction of sp³-hybridized carbons (Fsp3) is 0.364. The van der Waals surface area contributed by atoms with Gasteiger partial charge in [-0.15, -0.1) is 0 Å². The van der Waals surface area contributed by atoms with Crippen LogP contribution in [0.15, 0.2) is 12.1 Å². The summed E-state index contributed by atoms with van der Waals surface area (Å²) in [5, 5.41) is 10.6. The van der Waals surface area contributed by atoms with Crippen molar-refractivity contribution in [2.75, 3.05) is 6.61 Å². The second-order valence-corrected chi connectivity index (χ2v) is 3.89. The molecule has 0 unspecified atom stereocenters. The Balaban J connectivity index is 3.82. The molecule has 0 heterocycles. The number of nitro benzene ring substituents is 1. The zero-order chi connectivity index (χ0) is 17.3. The van der Waals surface area contributed by atoms with E-state index in [-0.39, 0.29) is 12.1 Å². The van der Waals surface area contributed by atoms with Crippen LogP contribution in [0.2, 0.25) is 0 Å². The highest BCUT2D eigenvalue weighted by atomic mass is 19.4. The van der Waals surface area contributed by atoms with Gasteiger partial charge >= 0.3 is 18.3 Å². The second-order valence-electron chi connectivity index (χ2n) is 3.89. The molecule has 1 aromatic carbocycles. The summed E-state index contributed by atoms with van der Waals surface area (Å²) in [5.74, 6) is -1.73. The van der Waals surface area contributed by atoms with Crippen molar-refractivity contribution in [3.8, 4) is 0 Å². The molecular weight excluding hydrogens is 324 g/mol. The molecule has 0 saturated heterocycles. The maximum atomic E-state index is 12.9. The number of benzene rings is 1. The lowest BCUT2D eigenvalue weighted by Gasteiger charge is -2.18. The van der Waals surface area contributed by atoms with Crippen LogP contribution in [-0.2, 0) is 17.1 Å². The smallest absolute Gasteiger partial charge is 0.417 e. The van der Waals surface area contributed by atoms with Crippen LogP contribution >= 0.6 is 0 Å². The molecule has 0 bridgehead atoms. The van der Waals surface area contributed by atoms with Crippen LogP contribution < -0.4 is 0 Å². The molecule has 0 aliphatic rings. The third kappa shape index (κ3) is 3.65. The number of halogens is 6. The van der Waals surface area contributed by atoms with E-state index in [2.05, 4.69) is 4.74 Å². The van der Waals surface area contributed by atoms with Crippen LogP contribution in [0.3, 0.4) is 0 Å². The van der Waals surface area contributed by atoms with Gasteiger partial charge in [-0.25, -0.2) is 4.79 Å². The molecule has 0 aliphatic carbocycles. The molecule has 0 aromatic heterocycles.